The van der Waals surface area contributed by atoms with E-state index in [1.807, 2.05) is 42.5 Å². The van der Waals surface area contributed by atoms with Gasteiger partial charge in [0.25, 0.3) is 0 Å². The Labute approximate surface area is 293 Å². The minimum atomic E-state index is -0.797. The summed E-state index contributed by atoms with van der Waals surface area (Å²) in [5, 5.41) is 0. The first-order valence-corrected chi connectivity index (χ1v) is 17.6. The van der Waals surface area contributed by atoms with Crippen LogP contribution < -0.4 is 9.47 Å². The van der Waals surface area contributed by atoms with Gasteiger partial charge in [-0.3, -0.25) is 0 Å². The average molecular weight is 677 g/mol. The molecule has 50 heavy (non-hydrogen) atoms. The summed E-state index contributed by atoms with van der Waals surface area (Å²) in [5.74, 6) is 4.73. The zero-order chi connectivity index (χ0) is 34.7. The summed E-state index contributed by atoms with van der Waals surface area (Å²) in [7, 11) is 1.33. The van der Waals surface area contributed by atoms with Crippen molar-refractivity contribution in [3.05, 3.63) is 119 Å². The second kappa shape index (κ2) is 14.7. The van der Waals surface area contributed by atoms with E-state index < -0.39 is 12.1 Å². The van der Waals surface area contributed by atoms with E-state index in [0.717, 1.165) is 51.4 Å². The number of fused-ring (bicyclic) bond motifs is 3. The maximum atomic E-state index is 13.2. The Bertz CT molecular complexity index is 1890. The van der Waals surface area contributed by atoms with E-state index in [-0.39, 0.29) is 24.4 Å². The molecule has 2 fully saturated rings. The highest BCUT2D eigenvalue weighted by molar-refractivity contribution is 5.77. The first-order valence-electron chi connectivity index (χ1n) is 17.6. The maximum Gasteiger partial charge on any atom is 0.335 e. The molecule has 2 bridgehead atoms. The van der Waals surface area contributed by atoms with Crippen LogP contribution in [0.25, 0.3) is 11.0 Å². The van der Waals surface area contributed by atoms with Crippen LogP contribution in [0.2, 0.25) is 0 Å². The molecule has 8 heteroatoms. The molecule has 0 saturated heterocycles. The van der Waals surface area contributed by atoms with Crippen molar-refractivity contribution < 1.29 is 28.1 Å². The molecule has 2 aliphatic rings. The number of carbonyl (C=O) groups is 1. The number of esters is 1. The first-order chi connectivity index (χ1) is 24.2. The Kier molecular flexibility index (Phi) is 9.90. The molecule has 3 unspecified atom stereocenters. The molecule has 0 amide bonds. The summed E-state index contributed by atoms with van der Waals surface area (Å²) in [6.45, 7) is 5.31. The van der Waals surface area contributed by atoms with Crippen LogP contribution in [0.4, 0.5) is 4.39 Å². The van der Waals surface area contributed by atoms with Crippen LogP contribution >= 0.6 is 0 Å². The number of methoxy groups -OCH3 is 1. The lowest BCUT2D eigenvalue weighted by atomic mass is 9.58. The number of rotatable bonds is 12. The predicted molar refractivity (Wildman–Crippen MR) is 191 cm³/mol. The van der Waals surface area contributed by atoms with Crippen LogP contribution in [0, 0.1) is 23.6 Å². The zero-order valence-corrected chi connectivity index (χ0v) is 29.0. The van der Waals surface area contributed by atoms with Gasteiger partial charge in [-0.2, -0.15) is 0 Å². The fraction of sp³-hybridized carbons (Fsp3) is 0.381. The molecule has 0 spiro atoms. The summed E-state index contributed by atoms with van der Waals surface area (Å²) in [4.78, 5) is 20.4. The summed E-state index contributed by atoms with van der Waals surface area (Å²) in [6.07, 6.45) is 6.27. The van der Waals surface area contributed by atoms with Gasteiger partial charge >= 0.3 is 5.97 Å². The van der Waals surface area contributed by atoms with Crippen LogP contribution in [0.1, 0.15) is 68.5 Å². The molecular formula is C42H45FN2O5. The minimum absolute atomic E-state index is 0.166. The SMILES string of the molecule is COC(=O)C(Cc1ccc(OCc2nc3ccc(Oc4ccc(C5(C)CC6CC(C)CC(C6)C5)cc4)cc3[nH]2)cc1)OCc1ccc(F)cc1. The molecule has 260 valence electrons. The second-order valence-electron chi connectivity index (χ2n) is 14.6. The Morgan fingerprint density at radius 1 is 0.860 bits per heavy atom. The molecule has 4 aromatic carbocycles. The third-order valence-corrected chi connectivity index (χ3v) is 10.5. The van der Waals surface area contributed by atoms with E-state index in [4.69, 9.17) is 18.9 Å². The van der Waals surface area contributed by atoms with Crippen molar-refractivity contribution in [2.45, 2.75) is 77.1 Å². The van der Waals surface area contributed by atoms with E-state index in [9.17, 15) is 9.18 Å². The number of nitrogens with zero attached hydrogens (tertiary/aromatic N) is 1. The molecule has 0 aliphatic heterocycles. The molecule has 2 saturated carbocycles. The number of imidazole rings is 1. The molecule has 7 nitrogen and oxygen atoms in total. The maximum absolute atomic E-state index is 13.2. The average Bonchev–Trinajstić information content (AvgIpc) is 3.52. The van der Waals surface area contributed by atoms with E-state index in [1.54, 1.807) is 12.1 Å². The highest BCUT2D eigenvalue weighted by Crippen LogP contribution is 2.51. The Balaban J connectivity index is 0.927. The molecule has 1 N–H and O–H groups in total. The summed E-state index contributed by atoms with van der Waals surface area (Å²) in [5.41, 5.74) is 5.04. The van der Waals surface area contributed by atoms with Gasteiger partial charge in [-0.1, -0.05) is 50.2 Å². The van der Waals surface area contributed by atoms with Gasteiger partial charge in [0.1, 0.15) is 35.5 Å². The second-order valence-corrected chi connectivity index (χ2v) is 14.6. The van der Waals surface area contributed by atoms with Crippen LogP contribution in [0.3, 0.4) is 0 Å². The monoisotopic (exact) mass is 676 g/mol. The van der Waals surface area contributed by atoms with Crippen molar-refractivity contribution in [1.82, 2.24) is 9.97 Å². The highest BCUT2D eigenvalue weighted by atomic mass is 19.1. The Morgan fingerprint density at radius 2 is 1.52 bits per heavy atom. The summed E-state index contributed by atoms with van der Waals surface area (Å²) >= 11 is 0. The van der Waals surface area contributed by atoms with Crippen molar-refractivity contribution in [2.24, 2.45) is 17.8 Å². The Morgan fingerprint density at radius 3 is 2.22 bits per heavy atom. The van der Waals surface area contributed by atoms with Crippen LogP contribution in [0.15, 0.2) is 91.0 Å². The number of ether oxygens (including phenoxy) is 4. The van der Waals surface area contributed by atoms with E-state index >= 15 is 0 Å². The van der Waals surface area contributed by atoms with Gasteiger partial charge < -0.3 is 23.9 Å². The van der Waals surface area contributed by atoms with Gasteiger partial charge in [0.2, 0.25) is 0 Å². The van der Waals surface area contributed by atoms with Crippen LogP contribution in [-0.2, 0) is 39.3 Å². The highest BCUT2D eigenvalue weighted by Gasteiger charge is 2.41. The van der Waals surface area contributed by atoms with Gasteiger partial charge in [-0.05, 0) is 120 Å². The van der Waals surface area contributed by atoms with Gasteiger partial charge in [0.05, 0.1) is 24.8 Å². The lowest BCUT2D eigenvalue weighted by molar-refractivity contribution is -0.154. The molecule has 7 rings (SSSR count). The standard InChI is InChI=1S/C42H45FN2O5/c1-27-18-30-20-31(19-27)24-42(2,23-30)32-8-14-35(15-9-32)50-36-16-17-37-38(22-36)45-40(44-37)26-48-34-12-6-28(7-13-34)21-39(41(46)47-3)49-25-29-4-10-33(43)11-5-29/h4-17,22,27,30-31,39H,18-21,23-26H2,1-3H3,(H,44,45). The van der Waals surface area contributed by atoms with Gasteiger partial charge in [-0.25, -0.2) is 14.2 Å². The number of aromatic amines is 1. The number of benzene rings is 4. The van der Waals surface area contributed by atoms with Crippen LogP contribution in [-0.4, -0.2) is 29.2 Å². The fourth-order valence-electron chi connectivity index (χ4n) is 8.27. The Hall–Kier alpha value is -4.69. The van der Waals surface area contributed by atoms with Crippen molar-refractivity contribution in [1.29, 1.82) is 0 Å². The minimum Gasteiger partial charge on any atom is -0.486 e. The molecule has 0 radical (unpaired) electrons. The molecule has 1 heterocycles. The molecule has 2 aliphatic carbocycles. The zero-order valence-electron chi connectivity index (χ0n) is 29.0. The lowest BCUT2D eigenvalue weighted by Gasteiger charge is -2.47. The van der Waals surface area contributed by atoms with Crippen molar-refractivity contribution in [3.8, 4) is 17.2 Å². The quantitative estimate of drug-likeness (QED) is 0.133. The van der Waals surface area contributed by atoms with Crippen molar-refractivity contribution in [2.75, 3.05) is 7.11 Å². The number of H-pyrrole nitrogens is 1. The number of hydrogen-bond acceptors (Lipinski definition) is 6. The number of halogens is 1. The lowest BCUT2D eigenvalue weighted by Crippen LogP contribution is -2.38. The predicted octanol–water partition coefficient (Wildman–Crippen LogP) is 9.48. The normalized spacial score (nSPS) is 22.2. The topological polar surface area (TPSA) is 82.7 Å². The third-order valence-electron chi connectivity index (χ3n) is 10.5. The van der Waals surface area contributed by atoms with E-state index in [0.29, 0.717) is 18.0 Å². The molecular weight excluding hydrogens is 631 g/mol. The van der Waals surface area contributed by atoms with Crippen molar-refractivity contribution >= 4 is 17.0 Å². The number of carbonyl (C=O) groups excluding carboxylic acids is 1. The molecule has 5 aromatic rings. The number of nitrogens with one attached hydrogen (secondary N) is 1. The third kappa shape index (κ3) is 8.02. The number of hydrogen-bond donors (Lipinski definition) is 1. The fourth-order valence-corrected chi connectivity index (χ4v) is 8.27. The summed E-state index contributed by atoms with van der Waals surface area (Å²) < 4.78 is 36.3. The van der Waals surface area contributed by atoms with Gasteiger partial charge in [-0.15, -0.1) is 0 Å². The van der Waals surface area contributed by atoms with Crippen LogP contribution in [0.5, 0.6) is 17.2 Å². The molecule has 3 atom stereocenters. The largest absolute Gasteiger partial charge is 0.486 e. The van der Waals surface area contributed by atoms with Crippen molar-refractivity contribution in [3.63, 3.8) is 0 Å². The van der Waals surface area contributed by atoms with E-state index in [2.05, 4.69) is 48.1 Å². The smallest absolute Gasteiger partial charge is 0.335 e. The first kappa shape index (κ1) is 33.8. The summed E-state index contributed by atoms with van der Waals surface area (Å²) in [6, 6.07) is 28.1. The van der Waals surface area contributed by atoms with E-state index in [1.165, 1.54) is 56.9 Å². The van der Waals surface area contributed by atoms with Gasteiger partial charge in [0, 0.05) is 12.5 Å². The van der Waals surface area contributed by atoms with Gasteiger partial charge in [0.15, 0.2) is 6.10 Å². The molecule has 1 aromatic heterocycles. The number of aromatic nitrogens is 2.